The van der Waals surface area contributed by atoms with E-state index in [1.54, 1.807) is 6.92 Å². The molecule has 4 heteroatoms. The van der Waals surface area contributed by atoms with Crippen molar-refractivity contribution in [1.82, 2.24) is 5.48 Å². The van der Waals surface area contributed by atoms with Crippen LogP contribution < -0.4 is 5.48 Å². The van der Waals surface area contributed by atoms with Crippen LogP contribution in [0.25, 0.3) is 0 Å². The van der Waals surface area contributed by atoms with Crippen LogP contribution in [0.3, 0.4) is 0 Å². The monoisotopic (exact) mass is 271 g/mol. The van der Waals surface area contributed by atoms with Crippen LogP contribution in [0, 0.1) is 0 Å². The highest BCUT2D eigenvalue weighted by Gasteiger charge is 1.98. The Morgan fingerprint density at radius 3 is 3.00 bits per heavy atom. The predicted molar refractivity (Wildman–Crippen MR) is 62.2 cm³/mol. The summed E-state index contributed by atoms with van der Waals surface area (Å²) in [4.78, 5) is 15.5. The average molecular weight is 272 g/mol. The number of carbonyl (C=O) groups excluding carboxylic acids is 1. The Balaban J connectivity index is 2.23. The molecule has 0 aliphatic rings. The number of benzene rings is 1. The van der Waals surface area contributed by atoms with Crippen molar-refractivity contribution in [3.8, 4) is 0 Å². The van der Waals surface area contributed by atoms with Crippen molar-refractivity contribution in [2.75, 3.05) is 6.54 Å². The molecule has 0 bridgehead atoms. The molecule has 0 saturated heterocycles. The fraction of sp³-hybridized carbons (Fsp3) is 0.364. The van der Waals surface area contributed by atoms with Gasteiger partial charge in [-0.25, -0.2) is 0 Å². The minimum absolute atomic E-state index is 0.232. The van der Waals surface area contributed by atoms with E-state index in [1.807, 2.05) is 24.3 Å². The molecule has 1 aromatic rings. The van der Waals surface area contributed by atoms with Crippen LogP contribution in [0.2, 0.25) is 0 Å². The maximum absolute atomic E-state index is 10.8. The highest BCUT2D eigenvalue weighted by atomic mass is 79.9. The first-order valence-electron chi connectivity index (χ1n) is 4.89. The zero-order valence-electron chi connectivity index (χ0n) is 8.63. The van der Waals surface area contributed by atoms with Crippen molar-refractivity contribution in [1.29, 1.82) is 0 Å². The second kappa shape index (κ2) is 6.58. The molecule has 0 aromatic heterocycles. The van der Waals surface area contributed by atoms with Gasteiger partial charge in [-0.05, 0) is 24.1 Å². The molecule has 0 radical (unpaired) electrons. The Morgan fingerprint density at radius 1 is 1.53 bits per heavy atom. The molecule has 0 atom stereocenters. The zero-order valence-corrected chi connectivity index (χ0v) is 10.2. The quantitative estimate of drug-likeness (QED) is 0.661. The fourth-order valence-corrected chi connectivity index (χ4v) is 1.54. The van der Waals surface area contributed by atoms with E-state index >= 15 is 0 Å². The largest absolute Gasteiger partial charge is 0.371 e. The topological polar surface area (TPSA) is 38.3 Å². The third-order valence-corrected chi connectivity index (χ3v) is 2.37. The summed E-state index contributed by atoms with van der Waals surface area (Å²) >= 11 is 3.40. The zero-order chi connectivity index (χ0) is 11.1. The second-order valence-corrected chi connectivity index (χ2v) is 4.02. The molecule has 0 unspecified atom stereocenters. The maximum atomic E-state index is 10.8. The molecule has 1 rings (SSSR count). The molecule has 1 aromatic carbocycles. The van der Waals surface area contributed by atoms with Crippen LogP contribution in [0.5, 0.6) is 0 Å². The summed E-state index contributed by atoms with van der Waals surface area (Å²) in [6, 6.07) is 8.04. The standard InChI is InChI=1S/C11H14BrNO2/c1-2-11(14)15-13-7-6-9-4-3-5-10(12)8-9/h3-5,8,13H,2,6-7H2,1H3. The Hall–Kier alpha value is -0.870. The van der Waals surface area contributed by atoms with Crippen LogP contribution in [0.15, 0.2) is 28.7 Å². The van der Waals surface area contributed by atoms with Gasteiger partial charge in [-0.2, -0.15) is 5.48 Å². The first-order chi connectivity index (χ1) is 7.22. The lowest BCUT2D eigenvalue weighted by Gasteiger charge is -2.04. The molecule has 0 aliphatic carbocycles. The molecule has 0 spiro atoms. The normalized spacial score (nSPS) is 10.0. The van der Waals surface area contributed by atoms with E-state index < -0.39 is 0 Å². The summed E-state index contributed by atoms with van der Waals surface area (Å²) in [5, 5.41) is 0. The molecular formula is C11H14BrNO2. The lowest BCUT2D eigenvalue weighted by Crippen LogP contribution is -2.21. The Bertz CT molecular complexity index is 328. The summed E-state index contributed by atoms with van der Waals surface area (Å²) < 4.78 is 1.06. The van der Waals surface area contributed by atoms with E-state index in [2.05, 4.69) is 21.4 Å². The molecule has 0 fully saturated rings. The van der Waals surface area contributed by atoms with Crippen LogP contribution in [-0.4, -0.2) is 12.5 Å². The Labute approximate surface area is 97.9 Å². The van der Waals surface area contributed by atoms with Gasteiger partial charge in [0.2, 0.25) is 0 Å². The van der Waals surface area contributed by atoms with Gasteiger partial charge in [0.25, 0.3) is 0 Å². The molecular weight excluding hydrogens is 258 g/mol. The predicted octanol–water partition coefficient (Wildman–Crippen LogP) is 2.45. The first-order valence-corrected chi connectivity index (χ1v) is 5.68. The van der Waals surface area contributed by atoms with Crippen molar-refractivity contribution in [2.45, 2.75) is 19.8 Å². The number of hydroxylamine groups is 1. The maximum Gasteiger partial charge on any atom is 0.324 e. The molecule has 0 heterocycles. The summed E-state index contributed by atoms with van der Waals surface area (Å²) in [5.41, 5.74) is 3.84. The lowest BCUT2D eigenvalue weighted by atomic mass is 10.2. The van der Waals surface area contributed by atoms with E-state index in [4.69, 9.17) is 4.84 Å². The minimum Gasteiger partial charge on any atom is -0.371 e. The summed E-state index contributed by atoms with van der Waals surface area (Å²) in [7, 11) is 0. The van der Waals surface area contributed by atoms with Crippen LogP contribution in [0.1, 0.15) is 18.9 Å². The molecule has 82 valence electrons. The molecule has 15 heavy (non-hydrogen) atoms. The number of carbonyl (C=O) groups is 1. The first kappa shape index (κ1) is 12.2. The summed E-state index contributed by atoms with van der Waals surface area (Å²) in [5.74, 6) is -0.232. The number of hydrogen-bond acceptors (Lipinski definition) is 3. The molecule has 0 aliphatic heterocycles. The van der Waals surface area contributed by atoms with Gasteiger partial charge in [0, 0.05) is 17.4 Å². The van der Waals surface area contributed by atoms with Crippen molar-refractivity contribution in [3.63, 3.8) is 0 Å². The van der Waals surface area contributed by atoms with Gasteiger partial charge in [0.15, 0.2) is 0 Å². The van der Waals surface area contributed by atoms with E-state index in [-0.39, 0.29) is 5.97 Å². The number of rotatable bonds is 5. The van der Waals surface area contributed by atoms with E-state index in [9.17, 15) is 4.79 Å². The third-order valence-electron chi connectivity index (χ3n) is 1.88. The van der Waals surface area contributed by atoms with Gasteiger partial charge in [-0.3, -0.25) is 4.79 Å². The Morgan fingerprint density at radius 2 is 2.33 bits per heavy atom. The third kappa shape index (κ3) is 4.95. The van der Waals surface area contributed by atoms with E-state index in [1.165, 1.54) is 5.56 Å². The van der Waals surface area contributed by atoms with E-state index in [0.717, 1.165) is 10.9 Å². The van der Waals surface area contributed by atoms with Crippen molar-refractivity contribution in [2.24, 2.45) is 0 Å². The van der Waals surface area contributed by atoms with Crippen molar-refractivity contribution < 1.29 is 9.63 Å². The van der Waals surface area contributed by atoms with Gasteiger partial charge in [0.05, 0.1) is 0 Å². The van der Waals surface area contributed by atoms with Gasteiger partial charge in [-0.1, -0.05) is 35.0 Å². The van der Waals surface area contributed by atoms with Crippen molar-refractivity contribution in [3.05, 3.63) is 34.3 Å². The van der Waals surface area contributed by atoms with Gasteiger partial charge in [0.1, 0.15) is 0 Å². The SMILES string of the molecule is CCC(=O)ONCCc1cccc(Br)c1. The highest BCUT2D eigenvalue weighted by Crippen LogP contribution is 2.11. The smallest absolute Gasteiger partial charge is 0.324 e. The molecule has 0 amide bonds. The lowest BCUT2D eigenvalue weighted by molar-refractivity contribution is -0.150. The average Bonchev–Trinajstić information content (AvgIpc) is 2.24. The number of halogens is 1. The van der Waals surface area contributed by atoms with E-state index in [0.29, 0.717) is 13.0 Å². The molecule has 3 nitrogen and oxygen atoms in total. The summed E-state index contributed by atoms with van der Waals surface area (Å²) in [6.45, 7) is 2.39. The van der Waals surface area contributed by atoms with Crippen LogP contribution >= 0.6 is 15.9 Å². The van der Waals surface area contributed by atoms with Gasteiger partial charge >= 0.3 is 5.97 Å². The van der Waals surface area contributed by atoms with Crippen molar-refractivity contribution >= 4 is 21.9 Å². The summed E-state index contributed by atoms with van der Waals surface area (Å²) in [6.07, 6.45) is 1.22. The molecule has 0 saturated carbocycles. The Kier molecular flexibility index (Phi) is 5.36. The fourth-order valence-electron chi connectivity index (χ4n) is 1.09. The number of hydrogen-bond donors (Lipinski definition) is 1. The van der Waals surface area contributed by atoms with Crippen LogP contribution in [0.4, 0.5) is 0 Å². The number of nitrogens with one attached hydrogen (secondary N) is 1. The second-order valence-electron chi connectivity index (χ2n) is 3.10. The van der Waals surface area contributed by atoms with Gasteiger partial charge < -0.3 is 4.84 Å². The highest BCUT2D eigenvalue weighted by molar-refractivity contribution is 9.10. The molecule has 1 N–H and O–H groups in total. The van der Waals surface area contributed by atoms with Crippen LogP contribution in [-0.2, 0) is 16.1 Å². The van der Waals surface area contributed by atoms with Gasteiger partial charge in [-0.15, -0.1) is 0 Å². The minimum atomic E-state index is -0.232.